The molecule has 122 valence electrons. The van der Waals surface area contributed by atoms with Gasteiger partial charge in [-0.25, -0.2) is 18.1 Å². The second-order valence-electron chi connectivity index (χ2n) is 5.67. The third-order valence-corrected chi connectivity index (χ3v) is 5.81. The molecule has 5 nitrogen and oxygen atoms in total. The van der Waals surface area contributed by atoms with Gasteiger partial charge in [-0.2, -0.15) is 13.2 Å². The summed E-state index contributed by atoms with van der Waals surface area (Å²) < 4.78 is 66.0. The molecule has 1 saturated carbocycles. The van der Waals surface area contributed by atoms with Crippen molar-refractivity contribution in [3.05, 3.63) is 23.9 Å². The van der Waals surface area contributed by atoms with E-state index in [0.717, 1.165) is 18.9 Å². The number of aromatic nitrogens is 1. The zero-order valence-corrected chi connectivity index (χ0v) is 12.5. The van der Waals surface area contributed by atoms with Gasteiger partial charge in [-0.1, -0.05) is 0 Å². The highest BCUT2D eigenvalue weighted by Crippen LogP contribution is 2.36. The third-order valence-electron chi connectivity index (χ3n) is 3.88. The Balaban J connectivity index is 1.78. The Morgan fingerprint density at radius 1 is 1.27 bits per heavy atom. The Morgan fingerprint density at radius 3 is 2.64 bits per heavy atom. The number of hydrogen-bond acceptors (Lipinski definition) is 4. The Hall–Kier alpha value is -1.35. The molecule has 1 aromatic rings. The van der Waals surface area contributed by atoms with Crippen LogP contribution in [0.2, 0.25) is 0 Å². The molecule has 2 fully saturated rings. The van der Waals surface area contributed by atoms with Crippen molar-refractivity contribution in [3.8, 4) is 0 Å². The number of halogens is 3. The number of sulfonamides is 1. The molecule has 1 atom stereocenters. The summed E-state index contributed by atoms with van der Waals surface area (Å²) in [5, 5.41) is -0.698. The minimum absolute atomic E-state index is 0.000337. The number of pyridine rings is 1. The van der Waals surface area contributed by atoms with Crippen molar-refractivity contribution in [3.63, 3.8) is 0 Å². The van der Waals surface area contributed by atoms with Crippen LogP contribution in [0.1, 0.15) is 24.8 Å². The van der Waals surface area contributed by atoms with E-state index < -0.39 is 27.0 Å². The predicted molar refractivity (Wildman–Crippen MR) is 74.9 cm³/mol. The van der Waals surface area contributed by atoms with E-state index in [9.17, 15) is 21.6 Å². The summed E-state index contributed by atoms with van der Waals surface area (Å²) in [7, 11) is -3.49. The zero-order valence-electron chi connectivity index (χ0n) is 11.7. The molecule has 22 heavy (non-hydrogen) atoms. The molecule has 2 aliphatic rings. The van der Waals surface area contributed by atoms with E-state index in [2.05, 4.69) is 9.71 Å². The first-order valence-corrected chi connectivity index (χ1v) is 8.60. The molecule has 0 aromatic carbocycles. The average Bonchev–Trinajstić information content (AvgIpc) is 3.08. The fourth-order valence-electron chi connectivity index (χ4n) is 2.57. The summed E-state index contributed by atoms with van der Waals surface area (Å²) in [5.41, 5.74) is -0.830. The largest absolute Gasteiger partial charge is 0.419 e. The summed E-state index contributed by atoms with van der Waals surface area (Å²) >= 11 is 0. The molecule has 1 aliphatic carbocycles. The molecule has 0 amide bonds. The van der Waals surface area contributed by atoms with Crippen LogP contribution in [0.4, 0.5) is 19.0 Å². The van der Waals surface area contributed by atoms with E-state index in [1.54, 1.807) is 0 Å². The second kappa shape index (κ2) is 5.38. The maximum Gasteiger partial charge on any atom is 0.419 e. The van der Waals surface area contributed by atoms with Gasteiger partial charge in [0.05, 0.1) is 10.8 Å². The molecule has 1 unspecified atom stereocenters. The molecule has 0 spiro atoms. The molecule has 3 rings (SSSR count). The van der Waals surface area contributed by atoms with E-state index in [4.69, 9.17) is 0 Å². The number of rotatable bonds is 4. The fourth-order valence-corrected chi connectivity index (χ4v) is 4.26. The van der Waals surface area contributed by atoms with E-state index in [-0.39, 0.29) is 24.9 Å². The Morgan fingerprint density at radius 2 is 2.00 bits per heavy atom. The van der Waals surface area contributed by atoms with Gasteiger partial charge in [0.25, 0.3) is 0 Å². The van der Waals surface area contributed by atoms with E-state index in [1.807, 2.05) is 0 Å². The minimum atomic E-state index is -4.51. The highest BCUT2D eigenvalue weighted by atomic mass is 32.2. The normalized spacial score (nSPS) is 23.0. The van der Waals surface area contributed by atoms with Gasteiger partial charge in [-0.3, -0.25) is 0 Å². The standard InChI is InChI=1S/C13H16F3N3O2S/c14-13(15,16)11-2-1-6-17-12(11)19-7-5-10(8-19)22(20,21)18-9-3-4-9/h1-2,6,9-10,18H,3-5,7-8H2. The van der Waals surface area contributed by atoms with Gasteiger partial charge in [0.1, 0.15) is 5.82 Å². The lowest BCUT2D eigenvalue weighted by Crippen LogP contribution is -2.37. The van der Waals surface area contributed by atoms with Crippen LogP contribution in [0.3, 0.4) is 0 Å². The fraction of sp³-hybridized carbons (Fsp3) is 0.615. The lowest BCUT2D eigenvalue weighted by atomic mass is 10.2. The number of hydrogen-bond donors (Lipinski definition) is 1. The maximum atomic E-state index is 13.0. The van der Waals surface area contributed by atoms with Crippen LogP contribution in [-0.4, -0.2) is 37.8 Å². The predicted octanol–water partition coefficient (Wildman–Crippen LogP) is 1.76. The highest BCUT2D eigenvalue weighted by molar-refractivity contribution is 7.90. The van der Waals surface area contributed by atoms with Crippen molar-refractivity contribution in [2.45, 2.75) is 36.7 Å². The molecule has 1 aliphatic heterocycles. The molecule has 1 aromatic heterocycles. The Kier molecular flexibility index (Phi) is 3.80. The SMILES string of the molecule is O=S(=O)(NC1CC1)C1CCN(c2ncccc2C(F)(F)F)C1. The number of anilines is 1. The van der Waals surface area contributed by atoms with Gasteiger partial charge in [-0.15, -0.1) is 0 Å². The van der Waals surface area contributed by atoms with E-state index in [0.29, 0.717) is 6.42 Å². The molecule has 2 heterocycles. The third kappa shape index (κ3) is 3.19. The van der Waals surface area contributed by atoms with Crippen molar-refractivity contribution in [2.75, 3.05) is 18.0 Å². The molecule has 9 heteroatoms. The van der Waals surface area contributed by atoms with Crippen LogP contribution in [-0.2, 0) is 16.2 Å². The number of alkyl halides is 3. The van der Waals surface area contributed by atoms with Crippen LogP contribution in [0.5, 0.6) is 0 Å². The number of nitrogens with zero attached hydrogens (tertiary/aromatic N) is 2. The summed E-state index contributed by atoms with van der Waals surface area (Å²) in [5.74, 6) is -0.195. The molecular weight excluding hydrogens is 319 g/mol. The van der Waals surface area contributed by atoms with Crippen LogP contribution in [0.15, 0.2) is 18.3 Å². The highest BCUT2D eigenvalue weighted by Gasteiger charge is 2.40. The summed E-state index contributed by atoms with van der Waals surface area (Å²) in [6.07, 6.45) is -1.26. The van der Waals surface area contributed by atoms with Crippen LogP contribution in [0.25, 0.3) is 0 Å². The van der Waals surface area contributed by atoms with Crippen molar-refractivity contribution in [1.82, 2.24) is 9.71 Å². The van der Waals surface area contributed by atoms with Crippen molar-refractivity contribution >= 4 is 15.8 Å². The zero-order chi connectivity index (χ0) is 16.0. The minimum Gasteiger partial charge on any atom is -0.355 e. The first-order chi connectivity index (χ1) is 10.3. The molecule has 0 radical (unpaired) electrons. The lowest BCUT2D eigenvalue weighted by molar-refractivity contribution is -0.137. The quantitative estimate of drug-likeness (QED) is 0.911. The topological polar surface area (TPSA) is 62.3 Å². The molecule has 1 saturated heterocycles. The lowest BCUT2D eigenvalue weighted by Gasteiger charge is -2.21. The Bertz CT molecular complexity index is 659. The first kappa shape index (κ1) is 15.5. The maximum absolute atomic E-state index is 13.0. The number of nitrogens with one attached hydrogen (secondary N) is 1. The van der Waals surface area contributed by atoms with E-state index >= 15 is 0 Å². The summed E-state index contributed by atoms with van der Waals surface area (Å²) in [4.78, 5) is 5.21. The first-order valence-electron chi connectivity index (χ1n) is 7.05. The van der Waals surface area contributed by atoms with Crippen LogP contribution >= 0.6 is 0 Å². The Labute approximate surface area is 126 Å². The van der Waals surface area contributed by atoms with Crippen LogP contribution < -0.4 is 9.62 Å². The van der Waals surface area contributed by atoms with Crippen molar-refractivity contribution in [1.29, 1.82) is 0 Å². The smallest absolute Gasteiger partial charge is 0.355 e. The van der Waals surface area contributed by atoms with Gasteiger partial charge >= 0.3 is 6.18 Å². The average molecular weight is 335 g/mol. The van der Waals surface area contributed by atoms with Gasteiger partial charge in [-0.05, 0) is 31.4 Å². The second-order valence-corrected chi connectivity index (χ2v) is 7.66. The molecule has 0 bridgehead atoms. The van der Waals surface area contributed by atoms with Gasteiger partial charge in [0.2, 0.25) is 10.0 Å². The summed E-state index contributed by atoms with van der Waals surface area (Å²) in [6.45, 7) is 0.276. The van der Waals surface area contributed by atoms with Gasteiger partial charge < -0.3 is 4.90 Å². The van der Waals surface area contributed by atoms with E-state index in [1.165, 1.54) is 17.2 Å². The van der Waals surface area contributed by atoms with Crippen LogP contribution in [0, 0.1) is 0 Å². The van der Waals surface area contributed by atoms with Gasteiger partial charge in [0, 0.05) is 25.3 Å². The van der Waals surface area contributed by atoms with Crippen molar-refractivity contribution < 1.29 is 21.6 Å². The molecule has 1 N–H and O–H groups in total. The van der Waals surface area contributed by atoms with Gasteiger partial charge in [0.15, 0.2) is 0 Å². The molecular formula is C13H16F3N3O2S. The monoisotopic (exact) mass is 335 g/mol. The summed E-state index contributed by atoms with van der Waals surface area (Å²) in [6, 6.07) is 2.19. The van der Waals surface area contributed by atoms with Crippen molar-refractivity contribution in [2.24, 2.45) is 0 Å².